The molecule has 0 radical (unpaired) electrons. The molecule has 0 aromatic carbocycles. The zero-order chi connectivity index (χ0) is 30.5. The highest BCUT2D eigenvalue weighted by Gasteiger charge is 2.52. The fourth-order valence-corrected chi connectivity index (χ4v) is 6.60. The maximum atomic E-state index is 11.6. The van der Waals surface area contributed by atoms with Crippen LogP contribution in [0.4, 0.5) is 0 Å². The van der Waals surface area contributed by atoms with Crippen LogP contribution in [0.5, 0.6) is 0 Å². The maximum Gasteiger partial charge on any atom is 0.332 e. The molecule has 2 fully saturated rings. The second-order valence-electron chi connectivity index (χ2n) is 14.0. The Morgan fingerprint density at radius 3 is 2.40 bits per heavy atom. The first kappa shape index (κ1) is 35.3. The van der Waals surface area contributed by atoms with E-state index in [1.54, 1.807) is 6.92 Å². The molecule has 0 aromatic heterocycles. The van der Waals surface area contributed by atoms with Crippen molar-refractivity contribution >= 4 is 14.3 Å². The fourth-order valence-electron chi connectivity index (χ4n) is 5.49. The average Bonchev–Trinajstić information content (AvgIpc) is 2.79. The Balaban J connectivity index is 2.01. The third-order valence-electron chi connectivity index (χ3n) is 8.87. The summed E-state index contributed by atoms with van der Waals surface area (Å²) >= 11 is 0. The molecular weight excluding hydrogens is 532 g/mol. The molecule has 2 aliphatic heterocycles. The molecule has 2 rings (SSSR count). The molecule has 0 aromatic rings. The van der Waals surface area contributed by atoms with Gasteiger partial charge in [-0.1, -0.05) is 46.8 Å². The molecule has 2 heterocycles. The van der Waals surface area contributed by atoms with Gasteiger partial charge in [0, 0.05) is 51.2 Å². The Labute approximate surface area is 242 Å². The summed E-state index contributed by atoms with van der Waals surface area (Å²) in [6, 6.07) is 0. The first-order valence-electron chi connectivity index (χ1n) is 14.7. The van der Waals surface area contributed by atoms with Gasteiger partial charge in [0.2, 0.25) is 0 Å². The highest BCUT2D eigenvalue weighted by molar-refractivity contribution is 6.74. The Morgan fingerprint density at radius 1 is 1.18 bits per heavy atom. The van der Waals surface area contributed by atoms with Crippen LogP contribution in [0.3, 0.4) is 0 Å². The smallest absolute Gasteiger partial charge is 0.332 e. The van der Waals surface area contributed by atoms with Crippen LogP contribution >= 0.6 is 0 Å². The molecule has 10 heteroatoms. The van der Waals surface area contributed by atoms with E-state index in [0.717, 1.165) is 5.57 Å². The number of hydrogen-bond acceptors (Lipinski definition) is 9. The molecule has 234 valence electrons. The summed E-state index contributed by atoms with van der Waals surface area (Å²) in [5.74, 6) is -1.88. The number of carbonyl (C=O) groups excluding carboxylic acids is 1. The molecule has 40 heavy (non-hydrogen) atoms. The summed E-state index contributed by atoms with van der Waals surface area (Å²) in [5, 5.41) is 33.1. The van der Waals surface area contributed by atoms with Crippen molar-refractivity contribution in [3.63, 3.8) is 0 Å². The van der Waals surface area contributed by atoms with Crippen molar-refractivity contribution in [1.82, 2.24) is 0 Å². The van der Waals surface area contributed by atoms with E-state index in [-0.39, 0.29) is 49.0 Å². The first-order valence-corrected chi connectivity index (χ1v) is 17.6. The van der Waals surface area contributed by atoms with E-state index in [4.69, 9.17) is 23.4 Å². The van der Waals surface area contributed by atoms with Gasteiger partial charge in [-0.05, 0) is 37.9 Å². The van der Waals surface area contributed by atoms with Crippen molar-refractivity contribution in [2.45, 2.75) is 134 Å². The predicted octanol–water partition coefficient (Wildman–Crippen LogP) is 4.33. The van der Waals surface area contributed by atoms with Crippen LogP contribution in [0.15, 0.2) is 12.2 Å². The van der Waals surface area contributed by atoms with Crippen molar-refractivity contribution in [2.75, 3.05) is 26.9 Å². The minimum atomic E-state index is -1.92. The Kier molecular flexibility index (Phi) is 12.4. The predicted molar refractivity (Wildman–Crippen MR) is 156 cm³/mol. The van der Waals surface area contributed by atoms with Crippen molar-refractivity contribution in [2.24, 2.45) is 11.8 Å². The minimum Gasteiger partial charge on any atom is -0.464 e. The summed E-state index contributed by atoms with van der Waals surface area (Å²) in [6.45, 7) is 21.5. The first-order chi connectivity index (χ1) is 18.3. The third kappa shape index (κ3) is 10.2. The number of rotatable bonds is 13. The van der Waals surface area contributed by atoms with Gasteiger partial charge in [-0.25, -0.2) is 4.79 Å². The van der Waals surface area contributed by atoms with Crippen molar-refractivity contribution in [1.29, 1.82) is 0 Å². The van der Waals surface area contributed by atoms with Gasteiger partial charge in [0.1, 0.15) is 6.61 Å². The summed E-state index contributed by atoms with van der Waals surface area (Å²) in [5.41, 5.74) is -0.232. The van der Waals surface area contributed by atoms with Gasteiger partial charge in [0.25, 0.3) is 0 Å². The quantitative estimate of drug-likeness (QED) is 0.164. The van der Waals surface area contributed by atoms with Crippen LogP contribution in [-0.2, 0) is 28.2 Å². The molecule has 1 spiro atoms. The van der Waals surface area contributed by atoms with Gasteiger partial charge in [0.05, 0.1) is 36.6 Å². The van der Waals surface area contributed by atoms with Gasteiger partial charge >= 0.3 is 5.97 Å². The molecule has 0 aliphatic carbocycles. The van der Waals surface area contributed by atoms with Gasteiger partial charge in [-0.3, -0.25) is 0 Å². The number of methoxy groups -OCH3 is 1. The number of ether oxygens (including phenoxy) is 4. The number of hydrogen-bond donors (Lipinski definition) is 3. The number of esters is 1. The number of carbonyl (C=O) groups is 1. The highest BCUT2D eigenvalue weighted by atomic mass is 28.4. The Morgan fingerprint density at radius 2 is 1.80 bits per heavy atom. The van der Waals surface area contributed by atoms with Crippen LogP contribution in [0, 0.1) is 11.8 Å². The third-order valence-corrected chi connectivity index (χ3v) is 13.4. The van der Waals surface area contributed by atoms with Crippen LogP contribution in [0.2, 0.25) is 18.1 Å². The molecule has 2 saturated heterocycles. The Bertz CT molecular complexity index is 840. The van der Waals surface area contributed by atoms with E-state index in [1.807, 2.05) is 13.8 Å². The van der Waals surface area contributed by atoms with Crippen LogP contribution in [0.25, 0.3) is 0 Å². The largest absolute Gasteiger partial charge is 0.464 e. The molecular formula is C30H56O9Si. The molecule has 3 N–H and O–H groups in total. The molecule has 0 amide bonds. The van der Waals surface area contributed by atoms with Gasteiger partial charge in [-0.2, -0.15) is 0 Å². The van der Waals surface area contributed by atoms with E-state index < -0.39 is 44.0 Å². The zero-order valence-corrected chi connectivity index (χ0v) is 27.3. The molecule has 2 aliphatic rings. The molecule has 0 bridgehead atoms. The van der Waals surface area contributed by atoms with E-state index in [1.165, 1.54) is 7.11 Å². The molecule has 8 atom stereocenters. The van der Waals surface area contributed by atoms with E-state index in [9.17, 15) is 20.1 Å². The lowest BCUT2D eigenvalue weighted by molar-refractivity contribution is -0.350. The van der Waals surface area contributed by atoms with E-state index in [0.29, 0.717) is 32.3 Å². The highest BCUT2D eigenvalue weighted by Crippen LogP contribution is 2.45. The molecule has 0 unspecified atom stereocenters. The average molecular weight is 589 g/mol. The van der Waals surface area contributed by atoms with Crippen molar-refractivity contribution in [3.05, 3.63) is 12.2 Å². The summed E-state index contributed by atoms with van der Waals surface area (Å²) in [4.78, 5) is 11.6. The van der Waals surface area contributed by atoms with Crippen molar-refractivity contribution in [3.8, 4) is 0 Å². The summed E-state index contributed by atoms with van der Waals surface area (Å²) < 4.78 is 29.1. The zero-order valence-electron chi connectivity index (χ0n) is 26.3. The van der Waals surface area contributed by atoms with Gasteiger partial charge in [0.15, 0.2) is 14.1 Å². The van der Waals surface area contributed by atoms with E-state index >= 15 is 0 Å². The van der Waals surface area contributed by atoms with Crippen molar-refractivity contribution < 1.29 is 43.5 Å². The lowest BCUT2D eigenvalue weighted by atomic mass is 9.79. The summed E-state index contributed by atoms with van der Waals surface area (Å²) in [6.07, 6.45) is 0.00653. The number of aliphatic hydroxyl groups excluding tert-OH is 2. The van der Waals surface area contributed by atoms with E-state index in [2.05, 4.69) is 40.4 Å². The van der Waals surface area contributed by atoms with Crippen LogP contribution in [0.1, 0.15) is 80.1 Å². The minimum absolute atomic E-state index is 0.0711. The lowest BCUT2D eigenvalue weighted by Gasteiger charge is -2.51. The maximum absolute atomic E-state index is 11.6. The standard InChI is InChI=1S/C30H56O9Si/c1-20(22(3)27(33)21(2)17-37-40(9,10)28(4,5)6)13-25-16-29(7,34)19-30(39-25)15-23(31)14-24(38-30)11-12-36-26(32)18-35-8/h21-25,27,31,33-34H,1,11-19H2,2-10H3/t21-,22-,23+,24+,25+,27-,29+,30-/m1/s1. The summed E-state index contributed by atoms with van der Waals surface area (Å²) in [7, 11) is -0.498. The molecule has 9 nitrogen and oxygen atoms in total. The SMILES string of the molecule is C=C(C[C@H]1C[C@](C)(O)C[C@@]2(C[C@@H](O)C[C@H](CCOC(=O)COC)O2)O1)[C@@H](C)[C@H](O)[C@H](C)CO[Si](C)(C)C(C)(C)C. The Hall–Kier alpha value is -0.853. The van der Waals surface area contributed by atoms with Crippen LogP contribution in [-0.4, -0.2) is 92.3 Å². The fraction of sp³-hybridized carbons (Fsp3) is 0.900. The normalized spacial score (nSPS) is 31.9. The monoisotopic (exact) mass is 588 g/mol. The van der Waals surface area contributed by atoms with Gasteiger partial charge < -0.3 is 38.7 Å². The topological polar surface area (TPSA) is 124 Å². The second-order valence-corrected chi connectivity index (χ2v) is 18.8. The van der Waals surface area contributed by atoms with Gasteiger partial charge in [-0.15, -0.1) is 0 Å². The lowest BCUT2D eigenvalue weighted by Crippen LogP contribution is -2.58. The second kappa shape index (κ2) is 14.1. The molecule has 0 saturated carbocycles. The van der Waals surface area contributed by atoms with Crippen LogP contribution < -0.4 is 0 Å². The number of aliphatic hydroxyl groups is 3.